The summed E-state index contributed by atoms with van der Waals surface area (Å²) in [6.07, 6.45) is 4.20. The molecule has 0 spiro atoms. The Kier molecular flexibility index (Phi) is 4.39. The molecule has 6 heteroatoms. The third-order valence-corrected chi connectivity index (χ3v) is 5.90. The molecule has 4 rings (SSSR count). The molecule has 1 N–H and O–H groups in total. The van der Waals surface area contributed by atoms with Gasteiger partial charge in [-0.25, -0.2) is 9.97 Å². The van der Waals surface area contributed by atoms with E-state index < -0.39 is 0 Å². The van der Waals surface area contributed by atoms with E-state index in [1.54, 1.807) is 17.5 Å². The van der Waals surface area contributed by atoms with E-state index in [1.165, 1.54) is 12.8 Å². The molecule has 4 heterocycles. The summed E-state index contributed by atoms with van der Waals surface area (Å²) in [4.78, 5) is 17.3. The van der Waals surface area contributed by atoms with Crippen LogP contribution in [0.25, 0.3) is 21.7 Å². The van der Waals surface area contributed by atoms with Crippen molar-refractivity contribution in [2.45, 2.75) is 19.8 Å². The highest BCUT2D eigenvalue weighted by atomic mass is 32.1. The van der Waals surface area contributed by atoms with Gasteiger partial charge in [-0.2, -0.15) is 0 Å². The van der Waals surface area contributed by atoms with E-state index in [9.17, 15) is 0 Å². The van der Waals surface area contributed by atoms with Gasteiger partial charge in [0.1, 0.15) is 16.3 Å². The smallest absolute Gasteiger partial charge is 0.181 e. The Morgan fingerprint density at radius 3 is 2.80 bits per heavy atom. The summed E-state index contributed by atoms with van der Waals surface area (Å²) >= 11 is 1.65. The summed E-state index contributed by atoms with van der Waals surface area (Å²) in [7, 11) is 2.20. The summed E-state index contributed by atoms with van der Waals surface area (Å²) < 4.78 is 0. The number of pyridine rings is 1. The first-order valence-electron chi connectivity index (χ1n) is 8.72. The molecule has 130 valence electrons. The Morgan fingerprint density at radius 2 is 2.04 bits per heavy atom. The summed E-state index contributed by atoms with van der Waals surface area (Å²) in [5, 5.41) is 6.79. The minimum atomic E-state index is 0.310. The fourth-order valence-electron chi connectivity index (χ4n) is 3.23. The Hall–Kier alpha value is -2.05. The molecule has 0 unspecified atom stereocenters. The molecule has 5 nitrogen and oxygen atoms in total. The lowest BCUT2D eigenvalue weighted by atomic mass is 9.80. The van der Waals surface area contributed by atoms with Crippen LogP contribution in [0.4, 0.5) is 5.82 Å². The van der Waals surface area contributed by atoms with Gasteiger partial charge in [0, 0.05) is 12.7 Å². The zero-order chi connectivity index (χ0) is 17.3. The molecule has 1 aliphatic rings. The van der Waals surface area contributed by atoms with Crippen molar-refractivity contribution in [1.82, 2.24) is 19.9 Å². The molecule has 0 atom stereocenters. The first-order chi connectivity index (χ1) is 12.1. The van der Waals surface area contributed by atoms with Crippen molar-refractivity contribution in [2.24, 2.45) is 5.41 Å². The highest BCUT2D eigenvalue weighted by Gasteiger charge is 2.29. The number of anilines is 1. The molecule has 1 fully saturated rings. The lowest BCUT2D eigenvalue weighted by Crippen LogP contribution is -2.40. The van der Waals surface area contributed by atoms with Crippen molar-refractivity contribution >= 4 is 27.4 Å². The van der Waals surface area contributed by atoms with Crippen molar-refractivity contribution in [3.05, 3.63) is 35.8 Å². The van der Waals surface area contributed by atoms with Crippen LogP contribution in [0.2, 0.25) is 0 Å². The van der Waals surface area contributed by atoms with Crippen molar-refractivity contribution in [2.75, 3.05) is 32.0 Å². The molecule has 0 saturated carbocycles. The molecular weight excluding hydrogens is 330 g/mol. The van der Waals surface area contributed by atoms with Gasteiger partial charge in [0.2, 0.25) is 0 Å². The largest absolute Gasteiger partial charge is 0.369 e. The van der Waals surface area contributed by atoms with E-state index in [4.69, 9.17) is 4.98 Å². The van der Waals surface area contributed by atoms with Crippen LogP contribution in [-0.4, -0.2) is 46.5 Å². The van der Waals surface area contributed by atoms with Crippen LogP contribution >= 0.6 is 11.3 Å². The van der Waals surface area contributed by atoms with Gasteiger partial charge in [0.05, 0.1) is 5.39 Å². The van der Waals surface area contributed by atoms with Gasteiger partial charge in [-0.3, -0.25) is 4.98 Å². The van der Waals surface area contributed by atoms with Crippen LogP contribution in [0.1, 0.15) is 19.8 Å². The molecule has 0 amide bonds. The normalized spacial score (nSPS) is 17.7. The molecular formula is C19H23N5S. The van der Waals surface area contributed by atoms with Crippen molar-refractivity contribution in [3.63, 3.8) is 0 Å². The fraction of sp³-hybridized carbons (Fsp3) is 0.421. The number of nitrogens with zero attached hydrogens (tertiary/aromatic N) is 4. The number of rotatable bonds is 4. The van der Waals surface area contributed by atoms with Crippen LogP contribution in [0.15, 0.2) is 35.8 Å². The van der Waals surface area contributed by atoms with Crippen molar-refractivity contribution in [1.29, 1.82) is 0 Å². The molecule has 25 heavy (non-hydrogen) atoms. The fourth-order valence-corrected chi connectivity index (χ4v) is 4.00. The average molecular weight is 353 g/mol. The number of hydrogen-bond donors (Lipinski definition) is 1. The number of likely N-dealkylation sites (tertiary alicyclic amines) is 1. The minimum absolute atomic E-state index is 0.310. The topological polar surface area (TPSA) is 53.9 Å². The van der Waals surface area contributed by atoms with Crippen LogP contribution in [0, 0.1) is 5.41 Å². The van der Waals surface area contributed by atoms with E-state index in [0.717, 1.165) is 41.4 Å². The SMILES string of the molecule is CN1CCC(C)(CNc2nc(-c3ccccn3)nc3sccc23)CC1. The van der Waals surface area contributed by atoms with Gasteiger partial charge in [-0.15, -0.1) is 11.3 Å². The number of piperidine rings is 1. The molecule has 0 aromatic carbocycles. The molecule has 3 aromatic heterocycles. The molecule has 3 aromatic rings. The molecule has 1 saturated heterocycles. The zero-order valence-corrected chi connectivity index (χ0v) is 15.5. The molecule has 0 radical (unpaired) electrons. The molecule has 1 aliphatic heterocycles. The third-order valence-electron chi connectivity index (χ3n) is 5.10. The highest BCUT2D eigenvalue weighted by Crippen LogP contribution is 2.33. The lowest BCUT2D eigenvalue weighted by molar-refractivity contribution is 0.150. The second-order valence-corrected chi connectivity index (χ2v) is 8.11. The Morgan fingerprint density at radius 1 is 1.20 bits per heavy atom. The summed E-state index contributed by atoms with van der Waals surface area (Å²) in [6, 6.07) is 7.93. The maximum Gasteiger partial charge on any atom is 0.181 e. The number of hydrogen-bond acceptors (Lipinski definition) is 6. The second kappa shape index (κ2) is 6.69. The monoisotopic (exact) mass is 353 g/mol. The standard InChI is InChI=1S/C19H23N5S/c1-19(7-10-24(2)11-8-19)13-21-16-14-6-12-25-18(14)23-17(22-16)15-5-3-4-9-20-15/h3-6,9,12H,7-8,10-11,13H2,1-2H3,(H,21,22,23). The van der Waals surface area contributed by atoms with Crippen LogP contribution in [0.5, 0.6) is 0 Å². The van der Waals surface area contributed by atoms with E-state index in [0.29, 0.717) is 11.2 Å². The molecule has 0 bridgehead atoms. The predicted molar refractivity (Wildman–Crippen MR) is 104 cm³/mol. The lowest BCUT2D eigenvalue weighted by Gasteiger charge is -2.38. The highest BCUT2D eigenvalue weighted by molar-refractivity contribution is 7.16. The van der Waals surface area contributed by atoms with E-state index in [-0.39, 0.29) is 0 Å². The predicted octanol–water partition coefficient (Wildman–Crippen LogP) is 3.90. The minimum Gasteiger partial charge on any atom is -0.369 e. The van der Waals surface area contributed by atoms with Gasteiger partial charge in [0.15, 0.2) is 5.82 Å². The number of aromatic nitrogens is 3. The number of fused-ring (bicyclic) bond motifs is 1. The van der Waals surface area contributed by atoms with Crippen LogP contribution < -0.4 is 5.32 Å². The number of thiophene rings is 1. The van der Waals surface area contributed by atoms with E-state index in [1.807, 2.05) is 18.2 Å². The van der Waals surface area contributed by atoms with Crippen molar-refractivity contribution < 1.29 is 0 Å². The Labute approximate surface area is 152 Å². The van der Waals surface area contributed by atoms with Gasteiger partial charge in [-0.05, 0) is 62.0 Å². The van der Waals surface area contributed by atoms with Crippen molar-refractivity contribution in [3.8, 4) is 11.5 Å². The quantitative estimate of drug-likeness (QED) is 0.771. The first-order valence-corrected chi connectivity index (χ1v) is 9.60. The van der Waals surface area contributed by atoms with E-state index in [2.05, 4.69) is 45.6 Å². The maximum atomic E-state index is 4.79. The van der Waals surface area contributed by atoms with Crippen LogP contribution in [0.3, 0.4) is 0 Å². The Bertz CT molecular complexity index is 853. The van der Waals surface area contributed by atoms with Gasteiger partial charge >= 0.3 is 0 Å². The first kappa shape index (κ1) is 16.4. The van der Waals surface area contributed by atoms with E-state index >= 15 is 0 Å². The zero-order valence-electron chi connectivity index (χ0n) is 14.7. The second-order valence-electron chi connectivity index (χ2n) is 7.22. The summed E-state index contributed by atoms with van der Waals surface area (Å²) in [5.41, 5.74) is 1.12. The van der Waals surface area contributed by atoms with Gasteiger partial charge < -0.3 is 10.2 Å². The van der Waals surface area contributed by atoms with Gasteiger partial charge in [0.25, 0.3) is 0 Å². The van der Waals surface area contributed by atoms with Crippen LogP contribution in [-0.2, 0) is 0 Å². The third kappa shape index (κ3) is 3.50. The number of nitrogens with one attached hydrogen (secondary N) is 1. The maximum absolute atomic E-state index is 4.79. The average Bonchev–Trinajstić information content (AvgIpc) is 3.12. The summed E-state index contributed by atoms with van der Waals surface area (Å²) in [6.45, 7) is 5.63. The molecule has 0 aliphatic carbocycles. The Balaban J connectivity index is 1.61. The summed E-state index contributed by atoms with van der Waals surface area (Å²) in [5.74, 6) is 1.61. The van der Waals surface area contributed by atoms with Gasteiger partial charge in [-0.1, -0.05) is 13.0 Å².